The minimum atomic E-state index is -1.34. The number of hydrogen-bond acceptors (Lipinski definition) is 5. The molecule has 2 atom stereocenters. The molecule has 0 saturated carbocycles. The molecule has 0 radical (unpaired) electrons. The molecule has 5 nitrogen and oxygen atoms in total. The number of nitrogens with zero attached hydrogens (tertiary/aromatic N) is 1. The van der Waals surface area contributed by atoms with Crippen LogP contribution in [0.25, 0.3) is 10.8 Å². The van der Waals surface area contributed by atoms with Gasteiger partial charge in [-0.3, -0.25) is 0 Å². The third-order valence-electron chi connectivity index (χ3n) is 7.29. The Kier molecular flexibility index (Phi) is 7.66. The predicted molar refractivity (Wildman–Crippen MR) is 156 cm³/mol. The number of hydrogen-bond donors (Lipinski definition) is 1. The molecule has 0 amide bonds. The maximum Gasteiger partial charge on any atom is 0.167 e. The minimum absolute atomic E-state index is 0.441. The Morgan fingerprint density at radius 3 is 2.53 bits per heavy atom. The Labute approximate surface area is 233 Å². The van der Waals surface area contributed by atoms with E-state index in [0.717, 1.165) is 43.2 Å². The molecule has 38 heavy (non-hydrogen) atoms. The number of benzene rings is 4. The molecule has 0 spiro atoms. The number of methoxy groups -OCH3 is 1. The summed E-state index contributed by atoms with van der Waals surface area (Å²) < 4.78 is 19.1. The second-order valence-corrected chi connectivity index (χ2v) is 11.2. The normalized spacial score (nSPS) is 15.3. The van der Waals surface area contributed by atoms with Crippen molar-refractivity contribution < 1.29 is 19.3 Å². The van der Waals surface area contributed by atoms with Crippen molar-refractivity contribution in [2.45, 2.75) is 24.9 Å². The number of ether oxygens (including phenoxy) is 3. The summed E-state index contributed by atoms with van der Waals surface area (Å²) >= 11 is 3.63. The van der Waals surface area contributed by atoms with Crippen molar-refractivity contribution in [3.63, 3.8) is 0 Å². The molecule has 0 bridgehead atoms. The summed E-state index contributed by atoms with van der Waals surface area (Å²) in [4.78, 5) is 2.10. The van der Waals surface area contributed by atoms with Crippen molar-refractivity contribution in [1.29, 1.82) is 0 Å². The smallest absolute Gasteiger partial charge is 0.167 e. The van der Waals surface area contributed by atoms with E-state index in [4.69, 9.17) is 14.2 Å². The molecule has 0 unspecified atom stereocenters. The first-order valence-electron chi connectivity index (χ1n) is 12.9. The van der Waals surface area contributed by atoms with Crippen LogP contribution in [0.3, 0.4) is 0 Å². The monoisotopic (exact) mass is 575 g/mol. The van der Waals surface area contributed by atoms with E-state index in [-0.39, 0.29) is 0 Å². The van der Waals surface area contributed by atoms with Crippen LogP contribution in [0, 0.1) is 6.92 Å². The number of aryl methyl sites for hydroxylation is 1. The standard InChI is InChI=1S/C32H34BrNO4/c1-21-7-5-8-23(17-21)30(26-19-24-18-25(33)12-11-22(24)20-29(26)36-4)32(35,13-14-34(2)3)27-9-6-10-28-31(27)38-16-15-37-28/h5-12,17-20,30,35H,13-16H2,1-4H3/t30-,32-/m1/s1. The molecule has 4 aromatic carbocycles. The van der Waals surface area contributed by atoms with E-state index in [9.17, 15) is 5.11 Å². The molecule has 1 heterocycles. The average Bonchev–Trinajstić information content (AvgIpc) is 2.91. The Hall–Kier alpha value is -3.06. The number of fused-ring (bicyclic) bond motifs is 2. The van der Waals surface area contributed by atoms with Crippen molar-refractivity contribution >= 4 is 26.7 Å². The van der Waals surface area contributed by atoms with E-state index in [1.54, 1.807) is 7.11 Å². The zero-order valence-corrected chi connectivity index (χ0v) is 23.9. The molecular formula is C32H34BrNO4. The topological polar surface area (TPSA) is 51.2 Å². The number of aliphatic hydroxyl groups is 1. The molecule has 1 aliphatic heterocycles. The second-order valence-electron chi connectivity index (χ2n) is 10.2. The first kappa shape index (κ1) is 26.5. The number of halogens is 1. The van der Waals surface area contributed by atoms with Gasteiger partial charge in [0.05, 0.1) is 7.11 Å². The van der Waals surface area contributed by atoms with Crippen molar-refractivity contribution in [1.82, 2.24) is 4.90 Å². The van der Waals surface area contributed by atoms with Gasteiger partial charge < -0.3 is 24.2 Å². The van der Waals surface area contributed by atoms with E-state index in [2.05, 4.69) is 70.2 Å². The highest BCUT2D eigenvalue weighted by molar-refractivity contribution is 9.10. The Balaban J connectivity index is 1.82. The van der Waals surface area contributed by atoms with E-state index in [1.165, 1.54) is 0 Å². The average molecular weight is 577 g/mol. The summed E-state index contributed by atoms with van der Waals surface area (Å²) in [5.41, 5.74) is 2.43. The van der Waals surface area contributed by atoms with Gasteiger partial charge in [-0.05, 0) is 74.1 Å². The third-order valence-corrected chi connectivity index (χ3v) is 7.78. The summed E-state index contributed by atoms with van der Waals surface area (Å²) in [7, 11) is 5.74. The first-order chi connectivity index (χ1) is 18.3. The summed E-state index contributed by atoms with van der Waals surface area (Å²) in [6.07, 6.45) is 0.470. The van der Waals surface area contributed by atoms with E-state index in [1.807, 2.05) is 44.4 Å². The lowest BCUT2D eigenvalue weighted by molar-refractivity contribution is -0.000230. The SMILES string of the molecule is COc1cc2ccc(Br)cc2cc1[C@@H](c1cccc(C)c1)[C@@](O)(CCN(C)C)c1cccc2c1OCCO2. The van der Waals surface area contributed by atoms with Gasteiger partial charge >= 0.3 is 0 Å². The van der Waals surface area contributed by atoms with Crippen molar-refractivity contribution in [3.8, 4) is 17.2 Å². The lowest BCUT2D eigenvalue weighted by Crippen LogP contribution is -2.38. The quantitative estimate of drug-likeness (QED) is 0.254. The molecule has 0 aliphatic carbocycles. The van der Waals surface area contributed by atoms with Crippen molar-refractivity contribution in [3.05, 3.63) is 99.5 Å². The molecular weight excluding hydrogens is 542 g/mol. The first-order valence-corrected chi connectivity index (χ1v) is 13.7. The summed E-state index contributed by atoms with van der Waals surface area (Å²) in [6, 6.07) is 24.6. The van der Waals surface area contributed by atoms with E-state index < -0.39 is 11.5 Å². The van der Waals surface area contributed by atoms with Gasteiger partial charge in [0, 0.05) is 28.1 Å². The maximum atomic E-state index is 13.1. The third kappa shape index (κ3) is 5.13. The molecule has 1 aliphatic rings. The van der Waals surface area contributed by atoms with Crippen LogP contribution in [0.15, 0.2) is 77.3 Å². The van der Waals surface area contributed by atoms with Gasteiger partial charge in [0.15, 0.2) is 11.5 Å². The molecule has 4 aromatic rings. The van der Waals surface area contributed by atoms with Crippen LogP contribution in [0.4, 0.5) is 0 Å². The van der Waals surface area contributed by atoms with Crippen molar-refractivity contribution in [2.24, 2.45) is 0 Å². The molecule has 198 valence electrons. The second kappa shape index (κ2) is 11.0. The van der Waals surface area contributed by atoms with Crippen LogP contribution >= 0.6 is 15.9 Å². The van der Waals surface area contributed by atoms with Gasteiger partial charge in [0.2, 0.25) is 0 Å². The van der Waals surface area contributed by atoms with Gasteiger partial charge in [-0.2, -0.15) is 0 Å². The zero-order chi connectivity index (χ0) is 26.9. The highest BCUT2D eigenvalue weighted by atomic mass is 79.9. The van der Waals surface area contributed by atoms with Crippen LogP contribution in [0.2, 0.25) is 0 Å². The summed E-state index contributed by atoms with van der Waals surface area (Å²) in [6.45, 7) is 3.68. The molecule has 0 aromatic heterocycles. The minimum Gasteiger partial charge on any atom is -0.496 e. The highest BCUT2D eigenvalue weighted by Crippen LogP contribution is 2.52. The van der Waals surface area contributed by atoms with Crippen LogP contribution in [0.1, 0.15) is 34.6 Å². The van der Waals surface area contributed by atoms with Crippen LogP contribution in [-0.2, 0) is 5.60 Å². The predicted octanol–water partition coefficient (Wildman–Crippen LogP) is 6.66. The van der Waals surface area contributed by atoms with Gasteiger partial charge in [-0.25, -0.2) is 0 Å². The Morgan fingerprint density at radius 2 is 1.76 bits per heavy atom. The number of para-hydroxylation sites is 1. The van der Waals surface area contributed by atoms with Crippen LogP contribution < -0.4 is 14.2 Å². The van der Waals surface area contributed by atoms with E-state index >= 15 is 0 Å². The molecule has 0 saturated heterocycles. The lowest BCUT2D eigenvalue weighted by atomic mass is 9.70. The van der Waals surface area contributed by atoms with Gasteiger partial charge in [0.25, 0.3) is 0 Å². The van der Waals surface area contributed by atoms with E-state index in [0.29, 0.717) is 37.7 Å². The molecule has 5 rings (SSSR count). The fourth-order valence-corrected chi connectivity index (χ4v) is 5.85. The van der Waals surface area contributed by atoms with Crippen LogP contribution in [0.5, 0.6) is 17.2 Å². The Bertz CT molecular complexity index is 1450. The maximum absolute atomic E-state index is 13.1. The van der Waals surface area contributed by atoms with Gasteiger partial charge in [0.1, 0.15) is 24.6 Å². The van der Waals surface area contributed by atoms with Gasteiger partial charge in [-0.1, -0.05) is 64.0 Å². The van der Waals surface area contributed by atoms with Crippen molar-refractivity contribution in [2.75, 3.05) is 41.0 Å². The lowest BCUT2D eigenvalue weighted by Gasteiger charge is -2.40. The zero-order valence-electron chi connectivity index (χ0n) is 22.3. The fraction of sp³-hybridized carbons (Fsp3) is 0.312. The molecule has 6 heteroatoms. The summed E-state index contributed by atoms with van der Waals surface area (Å²) in [5.74, 6) is 1.56. The summed E-state index contributed by atoms with van der Waals surface area (Å²) in [5, 5.41) is 15.2. The Morgan fingerprint density at radius 1 is 0.974 bits per heavy atom. The van der Waals surface area contributed by atoms with Crippen LogP contribution in [-0.4, -0.2) is 51.0 Å². The largest absolute Gasteiger partial charge is 0.496 e. The molecule has 0 fully saturated rings. The fourth-order valence-electron chi connectivity index (χ4n) is 5.47. The van der Waals surface area contributed by atoms with Gasteiger partial charge in [-0.15, -0.1) is 0 Å². The number of rotatable bonds is 8. The molecule has 1 N–H and O–H groups in total. The highest BCUT2D eigenvalue weighted by Gasteiger charge is 2.44.